The van der Waals surface area contributed by atoms with Gasteiger partial charge in [0.05, 0.1) is 12.3 Å². The Balaban J connectivity index is 2.15. The highest BCUT2D eigenvalue weighted by atomic mass is 16.3. The first-order valence-electron chi connectivity index (χ1n) is 6.33. The third-order valence-corrected chi connectivity index (χ3v) is 2.94. The fraction of sp³-hybridized carbons (Fsp3) is 0.200. The lowest BCUT2D eigenvalue weighted by molar-refractivity contribution is 0.0702. The number of aromatic nitrogens is 1. The molecule has 104 valence electrons. The lowest BCUT2D eigenvalue weighted by atomic mass is 10.2. The highest BCUT2D eigenvalue weighted by Crippen LogP contribution is 2.09. The quantitative estimate of drug-likeness (QED) is 0.782. The zero-order chi connectivity index (χ0) is 14.4. The molecule has 0 bridgehead atoms. The van der Waals surface area contributed by atoms with Crippen LogP contribution in [0.25, 0.3) is 0 Å². The fourth-order valence-corrected chi connectivity index (χ4v) is 1.95. The molecule has 0 radical (unpaired) electrons. The van der Waals surface area contributed by atoms with Crippen LogP contribution in [0.3, 0.4) is 0 Å². The van der Waals surface area contributed by atoms with Crippen molar-refractivity contribution in [3.8, 4) is 0 Å². The Morgan fingerprint density at radius 1 is 1.20 bits per heavy atom. The lowest BCUT2D eigenvalue weighted by Gasteiger charge is -2.21. The summed E-state index contributed by atoms with van der Waals surface area (Å²) < 4.78 is 0. The van der Waals surface area contributed by atoms with Crippen LogP contribution in [0.4, 0.5) is 0 Å². The molecule has 0 saturated carbocycles. The third kappa shape index (κ3) is 3.33. The van der Waals surface area contributed by atoms with Crippen molar-refractivity contribution in [1.82, 2.24) is 9.88 Å². The van der Waals surface area contributed by atoms with Gasteiger partial charge in [0.1, 0.15) is 5.69 Å². The molecular formula is C15H16N2O3. The van der Waals surface area contributed by atoms with Crippen molar-refractivity contribution in [2.45, 2.75) is 6.54 Å². The summed E-state index contributed by atoms with van der Waals surface area (Å²) >= 11 is 0. The summed E-state index contributed by atoms with van der Waals surface area (Å²) in [7, 11) is 0. The van der Waals surface area contributed by atoms with Crippen LogP contribution in [0.5, 0.6) is 0 Å². The van der Waals surface area contributed by atoms with Gasteiger partial charge in [-0.3, -0.25) is 9.59 Å². The predicted octanol–water partition coefficient (Wildman–Crippen LogP) is 1.46. The fourth-order valence-electron chi connectivity index (χ4n) is 1.95. The van der Waals surface area contributed by atoms with Crippen LogP contribution in [0.2, 0.25) is 0 Å². The number of hydrogen-bond acceptors (Lipinski definition) is 3. The van der Waals surface area contributed by atoms with Gasteiger partial charge in [0, 0.05) is 13.1 Å². The van der Waals surface area contributed by atoms with Gasteiger partial charge in [-0.05, 0) is 17.7 Å². The predicted molar refractivity (Wildman–Crippen MR) is 74.4 cm³/mol. The Labute approximate surface area is 116 Å². The minimum absolute atomic E-state index is 0.111. The van der Waals surface area contributed by atoms with Crippen LogP contribution < -0.4 is 0 Å². The summed E-state index contributed by atoms with van der Waals surface area (Å²) in [5, 5.41) is 9.10. The van der Waals surface area contributed by atoms with E-state index in [0.717, 1.165) is 5.56 Å². The molecule has 5 heteroatoms. The number of H-pyrrole nitrogens is 1. The Hall–Kier alpha value is -2.40. The average molecular weight is 272 g/mol. The van der Waals surface area contributed by atoms with E-state index in [9.17, 15) is 9.59 Å². The van der Waals surface area contributed by atoms with Gasteiger partial charge in [-0.15, -0.1) is 0 Å². The molecule has 0 atom stereocenters. The number of carbonyl (C=O) groups excluding carboxylic acids is 2. The minimum atomic E-state index is -0.240. The highest BCUT2D eigenvalue weighted by Gasteiger charge is 2.17. The van der Waals surface area contributed by atoms with E-state index in [1.807, 2.05) is 30.3 Å². The molecule has 0 aliphatic rings. The minimum Gasteiger partial charge on any atom is -0.395 e. The summed E-state index contributed by atoms with van der Waals surface area (Å²) in [4.78, 5) is 27.3. The number of amides is 1. The average Bonchev–Trinajstić information content (AvgIpc) is 2.96. The number of nitrogens with one attached hydrogen (secondary N) is 1. The van der Waals surface area contributed by atoms with Crippen LogP contribution in [-0.2, 0) is 6.54 Å². The van der Waals surface area contributed by atoms with Gasteiger partial charge in [0.15, 0.2) is 6.29 Å². The molecule has 1 aromatic carbocycles. The van der Waals surface area contributed by atoms with E-state index < -0.39 is 0 Å². The number of nitrogens with zero attached hydrogens (tertiary/aromatic N) is 1. The van der Waals surface area contributed by atoms with Crippen molar-refractivity contribution >= 4 is 12.2 Å². The van der Waals surface area contributed by atoms with E-state index in [4.69, 9.17) is 5.11 Å². The van der Waals surface area contributed by atoms with Crippen molar-refractivity contribution in [3.63, 3.8) is 0 Å². The maximum Gasteiger partial charge on any atom is 0.270 e. The van der Waals surface area contributed by atoms with Gasteiger partial charge >= 0.3 is 0 Å². The first-order chi connectivity index (χ1) is 9.74. The Morgan fingerprint density at radius 3 is 2.55 bits per heavy atom. The maximum atomic E-state index is 12.3. The Bertz CT molecular complexity index is 578. The number of carbonyl (C=O) groups is 2. The van der Waals surface area contributed by atoms with Crippen molar-refractivity contribution in [1.29, 1.82) is 0 Å². The molecule has 2 N–H and O–H groups in total. The molecule has 20 heavy (non-hydrogen) atoms. The molecule has 0 unspecified atom stereocenters. The molecule has 1 aromatic heterocycles. The van der Waals surface area contributed by atoms with Gasteiger partial charge in [-0.2, -0.15) is 0 Å². The molecule has 0 saturated heterocycles. The van der Waals surface area contributed by atoms with Crippen LogP contribution >= 0.6 is 0 Å². The zero-order valence-corrected chi connectivity index (χ0v) is 11.0. The second kappa shape index (κ2) is 6.68. The van der Waals surface area contributed by atoms with Crippen LogP contribution in [-0.4, -0.2) is 40.3 Å². The Morgan fingerprint density at radius 2 is 1.95 bits per heavy atom. The number of hydrogen-bond donors (Lipinski definition) is 2. The molecule has 2 aromatic rings. The van der Waals surface area contributed by atoms with E-state index in [1.165, 1.54) is 4.90 Å². The maximum absolute atomic E-state index is 12.3. The topological polar surface area (TPSA) is 73.4 Å². The molecule has 1 heterocycles. The number of aldehydes is 1. The van der Waals surface area contributed by atoms with E-state index in [-0.39, 0.29) is 19.1 Å². The number of aliphatic hydroxyl groups is 1. The smallest absolute Gasteiger partial charge is 0.270 e. The molecule has 1 amide bonds. The van der Waals surface area contributed by atoms with Crippen molar-refractivity contribution in [2.75, 3.05) is 13.2 Å². The van der Waals surface area contributed by atoms with Gasteiger partial charge in [-0.25, -0.2) is 0 Å². The first kappa shape index (κ1) is 14.0. The van der Waals surface area contributed by atoms with E-state index in [1.54, 1.807) is 12.1 Å². The van der Waals surface area contributed by atoms with Gasteiger partial charge in [0.2, 0.25) is 0 Å². The summed E-state index contributed by atoms with van der Waals surface area (Å²) in [6.07, 6.45) is 0.657. The highest BCUT2D eigenvalue weighted by molar-refractivity contribution is 5.93. The molecule has 0 aliphatic heterocycles. The van der Waals surface area contributed by atoms with Gasteiger partial charge < -0.3 is 15.0 Å². The summed E-state index contributed by atoms with van der Waals surface area (Å²) in [6, 6.07) is 12.7. The van der Waals surface area contributed by atoms with Gasteiger partial charge in [-0.1, -0.05) is 30.3 Å². The monoisotopic (exact) mass is 272 g/mol. The molecule has 0 spiro atoms. The van der Waals surface area contributed by atoms with E-state index in [0.29, 0.717) is 24.2 Å². The summed E-state index contributed by atoms with van der Waals surface area (Å²) in [6.45, 7) is 0.540. The van der Waals surface area contributed by atoms with E-state index >= 15 is 0 Å². The molecule has 5 nitrogen and oxygen atoms in total. The zero-order valence-electron chi connectivity index (χ0n) is 11.0. The first-order valence-corrected chi connectivity index (χ1v) is 6.33. The van der Waals surface area contributed by atoms with E-state index in [2.05, 4.69) is 4.98 Å². The number of benzene rings is 1. The molecule has 0 fully saturated rings. The summed E-state index contributed by atoms with van der Waals surface area (Å²) in [5.41, 5.74) is 1.69. The van der Waals surface area contributed by atoms with Crippen LogP contribution in [0.15, 0.2) is 42.5 Å². The van der Waals surface area contributed by atoms with Crippen LogP contribution in [0, 0.1) is 0 Å². The second-order valence-corrected chi connectivity index (χ2v) is 4.38. The third-order valence-electron chi connectivity index (χ3n) is 2.94. The van der Waals surface area contributed by atoms with Crippen LogP contribution in [0.1, 0.15) is 26.5 Å². The number of aliphatic hydroxyl groups excluding tert-OH is 1. The molecular weight excluding hydrogens is 256 g/mol. The lowest BCUT2D eigenvalue weighted by Crippen LogP contribution is -2.33. The van der Waals surface area contributed by atoms with Crippen molar-refractivity contribution < 1.29 is 14.7 Å². The molecule has 2 rings (SSSR count). The van der Waals surface area contributed by atoms with Gasteiger partial charge in [0.25, 0.3) is 5.91 Å². The second-order valence-electron chi connectivity index (χ2n) is 4.38. The summed E-state index contributed by atoms with van der Waals surface area (Å²) in [5.74, 6) is -0.240. The molecule has 0 aliphatic carbocycles. The number of rotatable bonds is 6. The normalized spacial score (nSPS) is 10.2. The van der Waals surface area contributed by atoms with Crippen molar-refractivity contribution in [3.05, 3.63) is 59.4 Å². The number of aromatic amines is 1. The SMILES string of the molecule is O=Cc1ccc(C(=O)N(CCO)Cc2ccccc2)[nH]1. The Kier molecular flexibility index (Phi) is 4.68. The standard InChI is InChI=1S/C15H16N2O3/c18-9-8-17(10-12-4-2-1-3-5-12)15(20)14-7-6-13(11-19)16-14/h1-7,11,16,18H,8-10H2. The van der Waals surface area contributed by atoms with Crippen molar-refractivity contribution in [2.24, 2.45) is 0 Å². The largest absolute Gasteiger partial charge is 0.395 e.